The summed E-state index contributed by atoms with van der Waals surface area (Å²) in [6, 6.07) is 6.88. The summed E-state index contributed by atoms with van der Waals surface area (Å²) in [5.74, 6) is -0.186. The van der Waals surface area contributed by atoms with Crippen molar-refractivity contribution in [1.29, 1.82) is 0 Å². The second-order valence-corrected chi connectivity index (χ2v) is 5.87. The van der Waals surface area contributed by atoms with Crippen LogP contribution in [0, 0.1) is 5.92 Å². The Morgan fingerprint density at radius 1 is 1.33 bits per heavy atom. The van der Waals surface area contributed by atoms with Crippen molar-refractivity contribution in [3.05, 3.63) is 40.3 Å². The zero-order chi connectivity index (χ0) is 15.2. The molecule has 21 heavy (non-hydrogen) atoms. The van der Waals surface area contributed by atoms with E-state index < -0.39 is 5.60 Å². The van der Waals surface area contributed by atoms with Crippen LogP contribution in [0.3, 0.4) is 0 Å². The number of fused-ring (bicyclic) bond motifs is 1. The fraction of sp³-hybridized carbons (Fsp3) is 0.400. The normalized spacial score (nSPS) is 17.0. The fourth-order valence-electron chi connectivity index (χ4n) is 2.55. The summed E-state index contributed by atoms with van der Waals surface area (Å²) in [6.45, 7) is 4.43. The molecule has 6 nitrogen and oxygen atoms in total. The molecule has 110 valence electrons. The lowest BCUT2D eigenvalue weighted by molar-refractivity contribution is -0.111. The van der Waals surface area contributed by atoms with Crippen molar-refractivity contribution in [2.24, 2.45) is 5.92 Å². The molecule has 2 N–H and O–H groups in total. The number of benzene rings is 1. The summed E-state index contributed by atoms with van der Waals surface area (Å²) in [4.78, 5) is 25.8. The van der Waals surface area contributed by atoms with Crippen LogP contribution in [0.4, 0.5) is 0 Å². The summed E-state index contributed by atoms with van der Waals surface area (Å²) < 4.78 is 0. The molecule has 1 fully saturated rings. The number of nitrogens with zero attached hydrogens (tertiary/aromatic N) is 2. The predicted molar refractivity (Wildman–Crippen MR) is 78.1 cm³/mol. The number of H-pyrrole nitrogens is 1. The molecular formula is C15H17N3O3. The van der Waals surface area contributed by atoms with Crippen LogP contribution in [0.5, 0.6) is 0 Å². The molecule has 1 amide bonds. The number of hydrogen-bond donors (Lipinski definition) is 2. The van der Waals surface area contributed by atoms with Gasteiger partial charge in [0, 0.05) is 5.39 Å². The van der Waals surface area contributed by atoms with E-state index in [-0.39, 0.29) is 23.1 Å². The predicted octanol–water partition coefficient (Wildman–Crippen LogP) is 0.766. The Hall–Kier alpha value is -2.21. The number of rotatable bonds is 2. The average Bonchev–Trinajstić information content (AvgIpc) is 2.44. The van der Waals surface area contributed by atoms with E-state index in [1.807, 2.05) is 13.8 Å². The molecule has 0 saturated carbocycles. The number of aliphatic hydroxyl groups is 1. The van der Waals surface area contributed by atoms with Gasteiger partial charge in [-0.15, -0.1) is 0 Å². The van der Waals surface area contributed by atoms with E-state index in [0.717, 1.165) is 0 Å². The van der Waals surface area contributed by atoms with E-state index in [2.05, 4.69) is 10.2 Å². The van der Waals surface area contributed by atoms with Gasteiger partial charge in [0.2, 0.25) is 0 Å². The van der Waals surface area contributed by atoms with Gasteiger partial charge in [-0.3, -0.25) is 9.59 Å². The highest BCUT2D eigenvalue weighted by atomic mass is 16.3. The maximum atomic E-state index is 12.5. The number of likely N-dealkylation sites (tertiary alicyclic amines) is 1. The number of amides is 1. The van der Waals surface area contributed by atoms with Crippen molar-refractivity contribution in [2.45, 2.75) is 19.4 Å². The van der Waals surface area contributed by atoms with E-state index in [9.17, 15) is 14.7 Å². The molecular weight excluding hydrogens is 270 g/mol. The highest BCUT2D eigenvalue weighted by Crippen LogP contribution is 2.30. The molecule has 0 aliphatic carbocycles. The lowest BCUT2D eigenvalue weighted by Gasteiger charge is -2.48. The average molecular weight is 287 g/mol. The van der Waals surface area contributed by atoms with E-state index in [1.165, 1.54) is 0 Å². The van der Waals surface area contributed by atoms with Crippen molar-refractivity contribution < 1.29 is 9.90 Å². The molecule has 3 rings (SSSR count). The first kappa shape index (κ1) is 13.8. The van der Waals surface area contributed by atoms with E-state index in [0.29, 0.717) is 23.9 Å². The van der Waals surface area contributed by atoms with Gasteiger partial charge >= 0.3 is 0 Å². The molecule has 1 aliphatic heterocycles. The topological polar surface area (TPSA) is 86.3 Å². The Labute approximate surface area is 121 Å². The maximum Gasteiger partial charge on any atom is 0.275 e. The molecule has 1 aromatic heterocycles. The van der Waals surface area contributed by atoms with Crippen LogP contribution in [0.15, 0.2) is 29.1 Å². The molecule has 6 heteroatoms. The quantitative estimate of drug-likeness (QED) is 0.854. The van der Waals surface area contributed by atoms with Crippen LogP contribution < -0.4 is 5.56 Å². The Kier molecular flexibility index (Phi) is 3.06. The van der Waals surface area contributed by atoms with Gasteiger partial charge in [0.25, 0.3) is 11.5 Å². The minimum absolute atomic E-state index is 0.0850. The summed E-state index contributed by atoms with van der Waals surface area (Å²) >= 11 is 0. The first-order valence-corrected chi connectivity index (χ1v) is 6.91. The molecule has 0 bridgehead atoms. The van der Waals surface area contributed by atoms with Crippen molar-refractivity contribution >= 4 is 16.7 Å². The van der Waals surface area contributed by atoms with E-state index in [1.54, 1.807) is 29.2 Å². The Morgan fingerprint density at radius 2 is 1.95 bits per heavy atom. The third-order valence-electron chi connectivity index (χ3n) is 4.19. The van der Waals surface area contributed by atoms with E-state index >= 15 is 0 Å². The molecule has 1 aliphatic rings. The number of carbonyl (C=O) groups excluding carboxylic acids is 1. The van der Waals surface area contributed by atoms with Crippen LogP contribution in [0.1, 0.15) is 24.3 Å². The minimum atomic E-state index is -0.826. The first-order valence-electron chi connectivity index (χ1n) is 6.91. The van der Waals surface area contributed by atoms with Gasteiger partial charge in [0.1, 0.15) is 5.60 Å². The van der Waals surface area contributed by atoms with Crippen LogP contribution in [0.25, 0.3) is 10.8 Å². The molecule has 0 radical (unpaired) electrons. The third-order valence-corrected chi connectivity index (χ3v) is 4.19. The summed E-state index contributed by atoms with van der Waals surface area (Å²) in [6.07, 6.45) is 0. The fourth-order valence-corrected chi connectivity index (χ4v) is 2.55. The lowest BCUT2D eigenvalue weighted by Crippen LogP contribution is -2.66. The van der Waals surface area contributed by atoms with Gasteiger partial charge in [0.05, 0.1) is 18.5 Å². The first-order chi connectivity index (χ1) is 9.92. The second-order valence-electron chi connectivity index (χ2n) is 5.87. The second kappa shape index (κ2) is 4.66. The van der Waals surface area contributed by atoms with Crippen molar-refractivity contribution in [2.75, 3.05) is 13.1 Å². The van der Waals surface area contributed by atoms with Crippen molar-refractivity contribution in [1.82, 2.24) is 15.1 Å². The lowest BCUT2D eigenvalue weighted by atomic mass is 9.83. The highest BCUT2D eigenvalue weighted by molar-refractivity contribution is 6.05. The third kappa shape index (κ3) is 2.12. The van der Waals surface area contributed by atoms with Gasteiger partial charge < -0.3 is 10.0 Å². The van der Waals surface area contributed by atoms with Crippen molar-refractivity contribution in [3.8, 4) is 0 Å². The molecule has 0 atom stereocenters. The van der Waals surface area contributed by atoms with E-state index in [4.69, 9.17) is 0 Å². The molecule has 2 heterocycles. The molecule has 2 aromatic rings. The SMILES string of the molecule is CC(C)C1(O)CN(C(=O)c2n[nH]c(=O)c3ccccc23)C1. The Bertz CT molecular complexity index is 760. The number of hydrogen-bond acceptors (Lipinski definition) is 4. The van der Waals surface area contributed by atoms with Crippen LogP contribution >= 0.6 is 0 Å². The smallest absolute Gasteiger partial charge is 0.275 e. The van der Waals surface area contributed by atoms with Gasteiger partial charge in [0.15, 0.2) is 5.69 Å². The minimum Gasteiger partial charge on any atom is -0.386 e. The van der Waals surface area contributed by atoms with Gasteiger partial charge in [-0.25, -0.2) is 5.10 Å². The molecule has 0 unspecified atom stereocenters. The number of nitrogens with one attached hydrogen (secondary N) is 1. The molecule has 0 spiro atoms. The summed E-state index contributed by atoms with van der Waals surface area (Å²) in [5.41, 5.74) is -0.923. The van der Waals surface area contributed by atoms with Crippen LogP contribution in [-0.2, 0) is 0 Å². The summed E-state index contributed by atoms with van der Waals surface area (Å²) in [7, 11) is 0. The van der Waals surface area contributed by atoms with Gasteiger partial charge in [-0.05, 0) is 12.0 Å². The number of aromatic nitrogens is 2. The van der Waals surface area contributed by atoms with Gasteiger partial charge in [-0.2, -0.15) is 5.10 Å². The van der Waals surface area contributed by atoms with Gasteiger partial charge in [-0.1, -0.05) is 32.0 Å². The highest BCUT2D eigenvalue weighted by Gasteiger charge is 2.46. The Balaban J connectivity index is 1.94. The number of aromatic amines is 1. The largest absolute Gasteiger partial charge is 0.386 e. The number of carbonyl (C=O) groups is 1. The molecule has 1 aromatic carbocycles. The zero-order valence-electron chi connectivity index (χ0n) is 12.0. The van der Waals surface area contributed by atoms with Crippen molar-refractivity contribution in [3.63, 3.8) is 0 Å². The maximum absolute atomic E-state index is 12.5. The number of β-amino-alcohol motifs (C(OH)–C–C–N with tert-alkyl or cyclic N) is 1. The Morgan fingerprint density at radius 3 is 2.57 bits per heavy atom. The molecule has 1 saturated heterocycles. The summed E-state index contributed by atoms with van der Waals surface area (Å²) in [5, 5.41) is 17.5. The van der Waals surface area contributed by atoms with Crippen LogP contribution in [0.2, 0.25) is 0 Å². The zero-order valence-corrected chi connectivity index (χ0v) is 12.0. The monoisotopic (exact) mass is 287 g/mol. The standard InChI is InChI=1S/C15H17N3O3/c1-9(2)15(21)7-18(8-15)14(20)12-10-5-3-4-6-11(10)13(19)17-16-12/h3-6,9,21H,7-8H2,1-2H3,(H,17,19). The van der Waals surface area contributed by atoms with Crippen LogP contribution in [-0.4, -0.2) is 44.8 Å².